The number of para-hydroxylation sites is 1. The first-order valence-corrected chi connectivity index (χ1v) is 11.2. The molecule has 4 rings (SSSR count). The van der Waals surface area contributed by atoms with Crippen LogP contribution in [0.4, 0.5) is 10.5 Å². The van der Waals surface area contributed by atoms with E-state index in [1.165, 1.54) is 5.01 Å². The van der Waals surface area contributed by atoms with Crippen LogP contribution in [0.25, 0.3) is 0 Å². The van der Waals surface area contributed by atoms with Crippen molar-refractivity contribution in [3.05, 3.63) is 30.3 Å². The highest BCUT2D eigenvalue weighted by atomic mass is 32.2. The molecule has 3 fully saturated rings. The van der Waals surface area contributed by atoms with E-state index >= 15 is 0 Å². The summed E-state index contributed by atoms with van der Waals surface area (Å²) >= 11 is 1.63. The van der Waals surface area contributed by atoms with E-state index in [0.717, 1.165) is 30.7 Å². The van der Waals surface area contributed by atoms with Crippen molar-refractivity contribution < 1.29 is 14.4 Å². The predicted octanol–water partition coefficient (Wildman–Crippen LogP) is 1.69. The monoisotopic (exact) mass is 417 g/mol. The lowest BCUT2D eigenvalue weighted by Gasteiger charge is -2.44. The number of benzene rings is 1. The van der Waals surface area contributed by atoms with Gasteiger partial charge >= 0.3 is 6.03 Å². The Labute approximate surface area is 175 Å². The van der Waals surface area contributed by atoms with Gasteiger partial charge in [0, 0.05) is 19.3 Å². The van der Waals surface area contributed by atoms with Gasteiger partial charge in [0.1, 0.15) is 11.8 Å². The summed E-state index contributed by atoms with van der Waals surface area (Å²) in [7, 11) is 1.70. The van der Waals surface area contributed by atoms with Crippen LogP contribution >= 0.6 is 11.8 Å². The van der Waals surface area contributed by atoms with Crippen molar-refractivity contribution in [3.8, 4) is 0 Å². The number of urea groups is 1. The fourth-order valence-electron chi connectivity index (χ4n) is 4.14. The number of carbonyl (C=O) groups is 3. The SMILES string of the molecule is CCCCN1C(=O)C2SCCC2N2C(=O)N(CC(=O)N(C)c3ccccc3)NC12. The first-order valence-electron chi connectivity index (χ1n) is 10.1. The Morgan fingerprint density at radius 1 is 1.28 bits per heavy atom. The number of nitrogens with zero attached hydrogens (tertiary/aromatic N) is 4. The van der Waals surface area contributed by atoms with Crippen LogP contribution in [0.2, 0.25) is 0 Å². The third-order valence-electron chi connectivity index (χ3n) is 5.79. The van der Waals surface area contributed by atoms with Gasteiger partial charge in [-0.25, -0.2) is 9.80 Å². The molecule has 3 atom stereocenters. The number of hydrogen-bond acceptors (Lipinski definition) is 5. The average molecular weight is 418 g/mol. The average Bonchev–Trinajstić information content (AvgIpc) is 3.33. The molecule has 0 aliphatic carbocycles. The van der Waals surface area contributed by atoms with Crippen molar-refractivity contribution in [2.45, 2.75) is 43.8 Å². The molecule has 0 bridgehead atoms. The summed E-state index contributed by atoms with van der Waals surface area (Å²) in [5.41, 5.74) is 3.91. The topological polar surface area (TPSA) is 76.2 Å². The highest BCUT2D eigenvalue weighted by Gasteiger charge is 2.55. The van der Waals surface area contributed by atoms with Gasteiger partial charge in [0.2, 0.25) is 11.8 Å². The van der Waals surface area contributed by atoms with Crippen LogP contribution in [-0.2, 0) is 9.59 Å². The largest absolute Gasteiger partial charge is 0.337 e. The maximum absolute atomic E-state index is 13.2. The molecule has 0 saturated carbocycles. The van der Waals surface area contributed by atoms with Crippen LogP contribution in [0.15, 0.2) is 30.3 Å². The third kappa shape index (κ3) is 3.57. The number of hydrogen-bond donors (Lipinski definition) is 1. The van der Waals surface area contributed by atoms with Crippen molar-refractivity contribution in [3.63, 3.8) is 0 Å². The Balaban J connectivity index is 1.51. The molecule has 1 aromatic carbocycles. The molecule has 156 valence electrons. The summed E-state index contributed by atoms with van der Waals surface area (Å²) in [6.07, 6.45) is 2.15. The Hall–Kier alpha value is -2.26. The molecule has 0 spiro atoms. The highest BCUT2D eigenvalue weighted by molar-refractivity contribution is 8.00. The van der Waals surface area contributed by atoms with E-state index in [0.29, 0.717) is 6.54 Å². The van der Waals surface area contributed by atoms with E-state index in [1.807, 2.05) is 30.3 Å². The zero-order chi connectivity index (χ0) is 20.5. The maximum Gasteiger partial charge on any atom is 0.337 e. The number of anilines is 1. The summed E-state index contributed by atoms with van der Waals surface area (Å²) in [5.74, 6) is 0.775. The molecule has 0 aromatic heterocycles. The number of thioether (sulfide) groups is 1. The van der Waals surface area contributed by atoms with Crippen LogP contribution < -0.4 is 10.3 Å². The maximum atomic E-state index is 13.2. The molecule has 0 radical (unpaired) electrons. The number of carbonyl (C=O) groups excluding carboxylic acids is 3. The molecular weight excluding hydrogens is 390 g/mol. The number of unbranched alkanes of at least 4 members (excludes halogenated alkanes) is 1. The number of fused-ring (bicyclic) bond motifs is 3. The van der Waals surface area contributed by atoms with Crippen LogP contribution in [0.1, 0.15) is 26.2 Å². The zero-order valence-corrected chi connectivity index (χ0v) is 17.6. The second-order valence-corrected chi connectivity index (χ2v) is 8.85. The molecule has 3 saturated heterocycles. The van der Waals surface area contributed by atoms with E-state index in [-0.39, 0.29) is 35.7 Å². The van der Waals surface area contributed by atoms with Crippen LogP contribution in [0, 0.1) is 0 Å². The van der Waals surface area contributed by atoms with Gasteiger partial charge in [0.25, 0.3) is 0 Å². The summed E-state index contributed by atoms with van der Waals surface area (Å²) in [4.78, 5) is 44.1. The molecule has 29 heavy (non-hydrogen) atoms. The quantitative estimate of drug-likeness (QED) is 0.762. The smallest absolute Gasteiger partial charge is 0.314 e. The van der Waals surface area contributed by atoms with E-state index in [1.54, 1.807) is 33.5 Å². The van der Waals surface area contributed by atoms with E-state index < -0.39 is 6.29 Å². The van der Waals surface area contributed by atoms with E-state index in [9.17, 15) is 14.4 Å². The predicted molar refractivity (Wildman–Crippen MR) is 112 cm³/mol. The van der Waals surface area contributed by atoms with Crippen LogP contribution in [0.3, 0.4) is 0 Å². The molecule has 3 heterocycles. The van der Waals surface area contributed by atoms with Gasteiger partial charge < -0.3 is 9.80 Å². The van der Waals surface area contributed by atoms with Crippen molar-refractivity contribution in [2.75, 3.05) is 30.8 Å². The van der Waals surface area contributed by atoms with Gasteiger partial charge in [0.05, 0.1) is 6.04 Å². The lowest BCUT2D eigenvalue weighted by Crippen LogP contribution is -2.66. The van der Waals surface area contributed by atoms with Crippen molar-refractivity contribution >= 4 is 35.3 Å². The van der Waals surface area contributed by atoms with Crippen LogP contribution in [-0.4, -0.2) is 76.1 Å². The number of rotatable bonds is 6. The minimum atomic E-state index is -0.503. The Morgan fingerprint density at radius 3 is 2.76 bits per heavy atom. The summed E-state index contributed by atoms with van der Waals surface area (Å²) in [6.45, 7) is 2.60. The lowest BCUT2D eigenvalue weighted by atomic mass is 10.1. The summed E-state index contributed by atoms with van der Waals surface area (Å²) < 4.78 is 0. The number of nitrogens with one attached hydrogen (secondary N) is 1. The fraction of sp³-hybridized carbons (Fsp3) is 0.550. The fourth-order valence-corrected chi connectivity index (χ4v) is 5.54. The first kappa shape index (κ1) is 20.0. The van der Waals surface area contributed by atoms with Crippen molar-refractivity contribution in [1.82, 2.24) is 20.2 Å². The minimum Gasteiger partial charge on any atom is -0.314 e. The molecule has 3 unspecified atom stereocenters. The van der Waals surface area contributed by atoms with Crippen molar-refractivity contribution in [1.29, 1.82) is 0 Å². The highest BCUT2D eigenvalue weighted by Crippen LogP contribution is 2.39. The normalized spacial score (nSPS) is 26.0. The van der Waals surface area contributed by atoms with Gasteiger partial charge in [-0.1, -0.05) is 31.5 Å². The molecule has 1 N–H and O–H groups in total. The van der Waals surface area contributed by atoms with Gasteiger partial charge in [-0.3, -0.25) is 14.5 Å². The molecule has 9 heteroatoms. The number of amides is 4. The molecule has 3 aliphatic heterocycles. The van der Waals surface area contributed by atoms with Gasteiger partial charge in [-0.15, -0.1) is 11.8 Å². The number of hydrazine groups is 1. The molecule has 3 aliphatic rings. The zero-order valence-electron chi connectivity index (χ0n) is 16.8. The van der Waals surface area contributed by atoms with Crippen LogP contribution in [0.5, 0.6) is 0 Å². The molecule has 8 nitrogen and oxygen atoms in total. The van der Waals surface area contributed by atoms with Gasteiger partial charge in [0.15, 0.2) is 6.29 Å². The second-order valence-electron chi connectivity index (χ2n) is 7.60. The molecule has 1 aromatic rings. The first-order chi connectivity index (χ1) is 14.0. The standard InChI is InChI=1S/C20H27N5O3S/c1-3-4-11-23-18(27)17-15(10-12-29-17)25-19(23)21-24(20(25)28)13-16(26)22(2)14-8-6-5-7-9-14/h5-9,15,17,19,21H,3-4,10-13H2,1-2H3. The lowest BCUT2D eigenvalue weighted by molar-refractivity contribution is -0.144. The van der Waals surface area contributed by atoms with E-state index in [4.69, 9.17) is 0 Å². The number of likely N-dealkylation sites (N-methyl/N-ethyl adjacent to an activating group) is 1. The Morgan fingerprint density at radius 2 is 2.03 bits per heavy atom. The van der Waals surface area contributed by atoms with E-state index in [2.05, 4.69) is 12.3 Å². The second kappa shape index (κ2) is 8.23. The minimum absolute atomic E-state index is 0.0857. The van der Waals surface area contributed by atoms with Crippen molar-refractivity contribution in [2.24, 2.45) is 0 Å². The Bertz CT molecular complexity index is 792. The van der Waals surface area contributed by atoms with Gasteiger partial charge in [-0.05, 0) is 30.7 Å². The van der Waals surface area contributed by atoms with Gasteiger partial charge in [-0.2, -0.15) is 5.43 Å². The molecule has 4 amide bonds. The summed E-state index contributed by atoms with van der Waals surface area (Å²) in [5, 5.41) is 1.17. The third-order valence-corrected chi connectivity index (χ3v) is 7.14. The molecular formula is C20H27N5O3S. The Kier molecular flexibility index (Phi) is 5.69. The summed E-state index contributed by atoms with van der Waals surface area (Å²) in [6, 6.07) is 9.00.